The molecule has 0 aliphatic heterocycles. The fourth-order valence-corrected chi connectivity index (χ4v) is 1.83. The fraction of sp³-hybridized carbons (Fsp3) is 0.571. The number of hydrogen-bond acceptors (Lipinski definition) is 1. The molecule has 0 saturated heterocycles. The van der Waals surface area contributed by atoms with Crippen LogP contribution in [0.2, 0.25) is 0 Å². The van der Waals surface area contributed by atoms with Crippen LogP contribution in [-0.4, -0.2) is 6.61 Å². The van der Waals surface area contributed by atoms with E-state index in [9.17, 15) is 0 Å². The van der Waals surface area contributed by atoms with Gasteiger partial charge in [-0.05, 0) is 12.0 Å². The lowest BCUT2D eigenvalue weighted by molar-refractivity contribution is 0.104. The molecule has 0 amide bonds. The van der Waals surface area contributed by atoms with Gasteiger partial charge in [-0.15, -0.1) is 0 Å². The van der Waals surface area contributed by atoms with Crippen LogP contribution in [0.5, 0.6) is 0 Å². The van der Waals surface area contributed by atoms with Gasteiger partial charge < -0.3 is 4.74 Å². The highest BCUT2D eigenvalue weighted by Gasteiger charge is 2.06. The first-order chi connectivity index (χ1) is 7.84. The first-order valence-electron chi connectivity index (χ1n) is 6.15. The first kappa shape index (κ1) is 13.5. The monoisotopic (exact) mass is 240 g/mol. The molecule has 0 bridgehead atoms. The third kappa shape index (κ3) is 5.53. The number of alkyl halides is 1. The van der Waals surface area contributed by atoms with Crippen molar-refractivity contribution in [1.82, 2.24) is 0 Å². The highest BCUT2D eigenvalue weighted by atomic mass is 35.5. The average Bonchev–Trinajstić information content (AvgIpc) is 2.34. The highest BCUT2D eigenvalue weighted by Crippen LogP contribution is 2.21. The van der Waals surface area contributed by atoms with Crippen molar-refractivity contribution in [2.24, 2.45) is 0 Å². The van der Waals surface area contributed by atoms with E-state index >= 15 is 0 Å². The zero-order chi connectivity index (χ0) is 11.6. The molecule has 1 rings (SSSR count). The summed E-state index contributed by atoms with van der Waals surface area (Å²) < 4.78 is 5.57. The molecule has 0 fully saturated rings. The molecule has 0 saturated carbocycles. The van der Waals surface area contributed by atoms with Crippen molar-refractivity contribution in [1.29, 1.82) is 0 Å². The lowest BCUT2D eigenvalue weighted by Crippen LogP contribution is -1.99. The topological polar surface area (TPSA) is 9.23 Å². The van der Waals surface area contributed by atoms with Gasteiger partial charge in [0.15, 0.2) is 5.56 Å². The van der Waals surface area contributed by atoms with Gasteiger partial charge in [-0.2, -0.15) is 0 Å². The zero-order valence-electron chi connectivity index (χ0n) is 9.99. The second-order valence-electron chi connectivity index (χ2n) is 4.01. The molecule has 0 heterocycles. The van der Waals surface area contributed by atoms with Crippen molar-refractivity contribution in [2.45, 2.75) is 44.6 Å². The Morgan fingerprint density at radius 1 is 1.06 bits per heavy atom. The van der Waals surface area contributed by atoms with Gasteiger partial charge in [0, 0.05) is 6.61 Å². The number of halogens is 1. The standard InChI is InChI=1S/C14H21ClO/c1-2-3-4-5-9-12-16-14(15)13-10-7-6-8-11-13/h6-8,10-11,14H,2-5,9,12H2,1H3. The summed E-state index contributed by atoms with van der Waals surface area (Å²) in [6, 6.07) is 9.94. The maximum absolute atomic E-state index is 6.12. The van der Waals surface area contributed by atoms with Crippen LogP contribution in [0.3, 0.4) is 0 Å². The van der Waals surface area contributed by atoms with Crippen LogP contribution >= 0.6 is 11.6 Å². The Bertz CT molecular complexity index is 261. The van der Waals surface area contributed by atoms with Crippen LogP contribution in [0, 0.1) is 0 Å². The van der Waals surface area contributed by atoms with Crippen molar-refractivity contribution in [3.63, 3.8) is 0 Å². The molecule has 0 spiro atoms. The molecule has 90 valence electrons. The summed E-state index contributed by atoms with van der Waals surface area (Å²) in [4.78, 5) is 0. The molecule has 0 radical (unpaired) electrons. The van der Waals surface area contributed by atoms with E-state index < -0.39 is 0 Å². The highest BCUT2D eigenvalue weighted by molar-refractivity contribution is 6.19. The minimum atomic E-state index is -0.299. The predicted octanol–water partition coefficient (Wildman–Crippen LogP) is 4.91. The summed E-state index contributed by atoms with van der Waals surface area (Å²) in [7, 11) is 0. The maximum atomic E-state index is 6.12. The Morgan fingerprint density at radius 2 is 1.75 bits per heavy atom. The van der Waals surface area contributed by atoms with Gasteiger partial charge in [0.2, 0.25) is 0 Å². The first-order valence-corrected chi connectivity index (χ1v) is 6.59. The van der Waals surface area contributed by atoms with Crippen LogP contribution in [0.25, 0.3) is 0 Å². The number of ether oxygens (including phenoxy) is 1. The molecular weight excluding hydrogens is 220 g/mol. The largest absolute Gasteiger partial charge is 0.358 e. The number of rotatable bonds is 8. The van der Waals surface area contributed by atoms with Crippen molar-refractivity contribution in [2.75, 3.05) is 6.61 Å². The molecule has 2 heteroatoms. The molecule has 1 atom stereocenters. The summed E-state index contributed by atoms with van der Waals surface area (Å²) in [5.41, 5.74) is 0.741. The summed E-state index contributed by atoms with van der Waals surface area (Å²) in [5.74, 6) is 0. The van der Waals surface area contributed by atoms with Crippen molar-refractivity contribution >= 4 is 11.6 Å². The Balaban J connectivity index is 2.09. The molecule has 1 nitrogen and oxygen atoms in total. The molecule has 1 aromatic carbocycles. The summed E-state index contributed by atoms with van der Waals surface area (Å²) in [5, 5.41) is 0. The van der Waals surface area contributed by atoms with Crippen LogP contribution in [0.4, 0.5) is 0 Å². The maximum Gasteiger partial charge on any atom is 0.156 e. The Labute approximate surface area is 104 Å². The van der Waals surface area contributed by atoms with Crippen molar-refractivity contribution < 1.29 is 4.74 Å². The van der Waals surface area contributed by atoms with E-state index in [0.29, 0.717) is 0 Å². The Hall–Kier alpha value is -0.530. The normalized spacial score (nSPS) is 12.6. The van der Waals surface area contributed by atoms with Gasteiger partial charge in [-0.25, -0.2) is 0 Å². The lowest BCUT2D eigenvalue weighted by atomic mass is 10.2. The van der Waals surface area contributed by atoms with Gasteiger partial charge in [0.05, 0.1) is 0 Å². The molecule has 0 aliphatic carbocycles. The Kier molecular flexibility index (Phi) is 7.28. The van der Waals surface area contributed by atoms with Gasteiger partial charge in [-0.3, -0.25) is 0 Å². The molecule has 1 aromatic rings. The SMILES string of the molecule is CCCCCCCOC(Cl)c1ccccc1. The van der Waals surface area contributed by atoms with Crippen LogP contribution in [0.15, 0.2) is 30.3 Å². The second kappa shape index (κ2) is 8.60. The Morgan fingerprint density at radius 3 is 2.44 bits per heavy atom. The van der Waals surface area contributed by atoms with E-state index in [1.807, 2.05) is 30.3 Å². The quantitative estimate of drug-likeness (QED) is 0.463. The minimum absolute atomic E-state index is 0.299. The molecule has 16 heavy (non-hydrogen) atoms. The van der Waals surface area contributed by atoms with E-state index in [2.05, 4.69) is 6.92 Å². The smallest absolute Gasteiger partial charge is 0.156 e. The van der Waals surface area contributed by atoms with E-state index in [1.165, 1.54) is 25.7 Å². The van der Waals surface area contributed by atoms with E-state index in [4.69, 9.17) is 16.3 Å². The average molecular weight is 241 g/mol. The van der Waals surface area contributed by atoms with Crippen molar-refractivity contribution in [3.8, 4) is 0 Å². The van der Waals surface area contributed by atoms with Gasteiger partial charge in [0.25, 0.3) is 0 Å². The third-order valence-corrected chi connectivity index (χ3v) is 2.95. The molecule has 0 aromatic heterocycles. The second-order valence-corrected chi connectivity index (χ2v) is 4.41. The third-order valence-electron chi connectivity index (χ3n) is 2.57. The van der Waals surface area contributed by atoms with Gasteiger partial charge in [0.1, 0.15) is 0 Å². The number of unbranched alkanes of at least 4 members (excludes halogenated alkanes) is 4. The lowest BCUT2D eigenvalue weighted by Gasteiger charge is -2.11. The van der Waals surface area contributed by atoms with E-state index in [1.54, 1.807) is 0 Å². The summed E-state index contributed by atoms with van der Waals surface area (Å²) >= 11 is 6.12. The fourth-order valence-electron chi connectivity index (χ4n) is 1.59. The molecular formula is C14H21ClO. The van der Waals surface area contributed by atoms with Crippen LogP contribution in [0.1, 0.15) is 50.2 Å². The van der Waals surface area contributed by atoms with Gasteiger partial charge in [-0.1, -0.05) is 74.5 Å². The number of hydrogen-bond donors (Lipinski definition) is 0. The van der Waals surface area contributed by atoms with E-state index in [0.717, 1.165) is 18.6 Å². The molecule has 0 aliphatic rings. The summed E-state index contributed by atoms with van der Waals surface area (Å²) in [6.45, 7) is 2.98. The molecule has 1 unspecified atom stereocenters. The summed E-state index contributed by atoms with van der Waals surface area (Å²) in [6.07, 6.45) is 6.26. The molecule has 0 N–H and O–H groups in total. The number of benzene rings is 1. The zero-order valence-corrected chi connectivity index (χ0v) is 10.7. The van der Waals surface area contributed by atoms with Crippen molar-refractivity contribution in [3.05, 3.63) is 35.9 Å². The predicted molar refractivity (Wildman–Crippen MR) is 69.7 cm³/mol. The van der Waals surface area contributed by atoms with E-state index in [-0.39, 0.29) is 5.56 Å². The minimum Gasteiger partial charge on any atom is -0.358 e. The van der Waals surface area contributed by atoms with Gasteiger partial charge >= 0.3 is 0 Å². The van der Waals surface area contributed by atoms with Crippen LogP contribution < -0.4 is 0 Å². The van der Waals surface area contributed by atoms with Crippen LogP contribution in [-0.2, 0) is 4.74 Å².